The third-order valence-corrected chi connectivity index (χ3v) is 6.57. The minimum absolute atomic E-state index is 0.0335. The molecule has 0 saturated heterocycles. The van der Waals surface area contributed by atoms with E-state index in [0.717, 1.165) is 57.1 Å². The van der Waals surface area contributed by atoms with E-state index in [0.29, 0.717) is 0 Å². The average Bonchev–Trinajstić information content (AvgIpc) is 3.37. The van der Waals surface area contributed by atoms with Gasteiger partial charge in [-0.3, -0.25) is 14.1 Å². The lowest BCUT2D eigenvalue weighted by Gasteiger charge is -2.23. The Bertz CT molecular complexity index is 1470. The van der Waals surface area contributed by atoms with Gasteiger partial charge in [-0.1, -0.05) is 31.4 Å². The topological polar surface area (TPSA) is 68.5 Å². The number of imidazole rings is 1. The van der Waals surface area contributed by atoms with Crippen molar-refractivity contribution in [2.75, 3.05) is 0 Å². The van der Waals surface area contributed by atoms with Gasteiger partial charge in [0.05, 0.1) is 28.4 Å². The van der Waals surface area contributed by atoms with E-state index >= 15 is 0 Å². The molecule has 0 aliphatic heterocycles. The second-order valence-corrected chi connectivity index (χ2v) is 8.30. The van der Waals surface area contributed by atoms with Crippen molar-refractivity contribution in [3.8, 4) is 11.3 Å². The van der Waals surface area contributed by atoms with E-state index in [1.54, 1.807) is 4.57 Å². The summed E-state index contributed by atoms with van der Waals surface area (Å²) in [7, 11) is 1.84. The molecular formula is C24H23N5O. The fourth-order valence-corrected chi connectivity index (χ4v) is 5.02. The third kappa shape index (κ3) is 2.46. The fraction of sp³-hybridized carbons (Fsp3) is 0.292. The van der Waals surface area contributed by atoms with Crippen LogP contribution in [0, 0.1) is 0 Å². The van der Waals surface area contributed by atoms with Gasteiger partial charge in [0.15, 0.2) is 0 Å². The summed E-state index contributed by atoms with van der Waals surface area (Å²) in [5.74, 6) is 0. The normalized spacial score (nSPS) is 15.5. The molecule has 1 N–H and O–H groups in total. The molecule has 6 nitrogen and oxygen atoms in total. The van der Waals surface area contributed by atoms with Crippen molar-refractivity contribution < 1.29 is 0 Å². The Morgan fingerprint density at radius 3 is 2.80 bits per heavy atom. The first-order valence-electron chi connectivity index (χ1n) is 10.7. The van der Waals surface area contributed by atoms with Crippen molar-refractivity contribution in [2.24, 2.45) is 7.05 Å². The summed E-state index contributed by atoms with van der Waals surface area (Å²) in [6, 6.07) is 12.6. The van der Waals surface area contributed by atoms with Crippen LogP contribution < -0.4 is 5.69 Å². The van der Waals surface area contributed by atoms with Gasteiger partial charge in [0.1, 0.15) is 5.52 Å². The molecule has 1 aromatic carbocycles. The zero-order chi connectivity index (χ0) is 20.2. The molecule has 0 amide bonds. The number of hydrogen-bond acceptors (Lipinski definition) is 3. The Morgan fingerprint density at radius 2 is 1.93 bits per heavy atom. The summed E-state index contributed by atoms with van der Waals surface area (Å²) in [6.45, 7) is 0. The van der Waals surface area contributed by atoms with E-state index in [4.69, 9.17) is 4.98 Å². The van der Waals surface area contributed by atoms with Gasteiger partial charge in [0, 0.05) is 35.8 Å². The maximum absolute atomic E-state index is 13.2. The molecule has 150 valence electrons. The molecular weight excluding hydrogens is 374 g/mol. The quantitative estimate of drug-likeness (QED) is 0.459. The Hall–Kier alpha value is -3.41. The van der Waals surface area contributed by atoms with E-state index in [1.165, 1.54) is 19.3 Å². The number of benzene rings is 1. The molecule has 1 aliphatic carbocycles. The van der Waals surface area contributed by atoms with Crippen molar-refractivity contribution in [1.29, 1.82) is 0 Å². The second-order valence-electron chi connectivity index (χ2n) is 8.30. The van der Waals surface area contributed by atoms with Gasteiger partial charge in [0.2, 0.25) is 0 Å². The monoisotopic (exact) mass is 397 g/mol. The van der Waals surface area contributed by atoms with Crippen LogP contribution in [-0.4, -0.2) is 24.1 Å². The summed E-state index contributed by atoms with van der Waals surface area (Å²) in [5, 5.41) is 1.14. The summed E-state index contributed by atoms with van der Waals surface area (Å²) < 4.78 is 3.71. The van der Waals surface area contributed by atoms with Gasteiger partial charge >= 0.3 is 5.69 Å². The number of rotatable bonds is 2. The molecule has 1 fully saturated rings. The van der Waals surface area contributed by atoms with Crippen LogP contribution in [-0.2, 0) is 7.05 Å². The van der Waals surface area contributed by atoms with Gasteiger partial charge in [0.25, 0.3) is 0 Å². The number of nitrogens with zero attached hydrogens (tertiary/aromatic N) is 4. The van der Waals surface area contributed by atoms with E-state index in [9.17, 15) is 4.79 Å². The van der Waals surface area contributed by atoms with Crippen molar-refractivity contribution in [3.63, 3.8) is 0 Å². The maximum atomic E-state index is 13.2. The average molecular weight is 397 g/mol. The highest BCUT2D eigenvalue weighted by molar-refractivity contribution is 6.02. The number of fused-ring (bicyclic) bond motifs is 4. The molecule has 5 aromatic rings. The molecule has 0 atom stereocenters. The number of hydrogen-bond donors (Lipinski definition) is 1. The lowest BCUT2D eigenvalue weighted by Crippen LogP contribution is -2.27. The number of nitrogens with one attached hydrogen (secondary N) is 1. The number of H-pyrrole nitrogens is 1. The smallest absolute Gasteiger partial charge is 0.329 e. The second kappa shape index (κ2) is 6.55. The Balaban J connectivity index is 1.66. The fourth-order valence-electron chi connectivity index (χ4n) is 5.02. The van der Waals surface area contributed by atoms with Crippen LogP contribution in [0.3, 0.4) is 0 Å². The molecule has 0 spiro atoms. The van der Waals surface area contributed by atoms with Crippen molar-refractivity contribution in [2.45, 2.75) is 38.1 Å². The first kappa shape index (κ1) is 17.4. The van der Waals surface area contributed by atoms with Crippen LogP contribution in [0.4, 0.5) is 0 Å². The maximum Gasteiger partial charge on any atom is 0.329 e. The van der Waals surface area contributed by atoms with Crippen LogP contribution in [0.5, 0.6) is 0 Å². The standard InChI is InChI=1S/C24H23N5O/c1-28-21-14-26-20-11-10-19(16-8-5-9-18-17(16)12-13-25-18)27-22(20)23(21)29(24(28)30)15-6-3-2-4-7-15/h5,8-15,25H,2-4,6-7H2,1H3. The predicted molar refractivity (Wildman–Crippen MR) is 120 cm³/mol. The molecule has 1 aliphatic rings. The van der Waals surface area contributed by atoms with E-state index in [-0.39, 0.29) is 11.7 Å². The first-order valence-corrected chi connectivity index (χ1v) is 10.7. The Labute approximate surface area is 173 Å². The van der Waals surface area contributed by atoms with Gasteiger partial charge in [-0.25, -0.2) is 9.78 Å². The molecule has 1 saturated carbocycles. The van der Waals surface area contributed by atoms with Crippen LogP contribution in [0.2, 0.25) is 0 Å². The van der Waals surface area contributed by atoms with Crippen molar-refractivity contribution in [1.82, 2.24) is 24.1 Å². The molecule has 6 heteroatoms. The summed E-state index contributed by atoms with van der Waals surface area (Å²) >= 11 is 0. The zero-order valence-corrected chi connectivity index (χ0v) is 16.9. The minimum atomic E-state index is 0.0335. The van der Waals surface area contributed by atoms with Crippen LogP contribution in [0.1, 0.15) is 38.1 Å². The van der Waals surface area contributed by atoms with Crippen LogP contribution >= 0.6 is 0 Å². The number of aromatic nitrogens is 5. The number of aryl methyl sites for hydroxylation is 1. The molecule has 4 aromatic heterocycles. The lowest BCUT2D eigenvalue weighted by molar-refractivity contribution is 0.351. The van der Waals surface area contributed by atoms with Crippen molar-refractivity contribution >= 4 is 33.0 Å². The molecule has 4 heterocycles. The van der Waals surface area contributed by atoms with Gasteiger partial charge in [-0.15, -0.1) is 0 Å². The highest BCUT2D eigenvalue weighted by Crippen LogP contribution is 2.33. The highest BCUT2D eigenvalue weighted by atomic mass is 16.1. The Morgan fingerprint density at radius 1 is 1.07 bits per heavy atom. The Kier molecular flexibility index (Phi) is 3.81. The van der Waals surface area contributed by atoms with E-state index < -0.39 is 0 Å². The predicted octanol–water partition coefficient (Wildman–Crippen LogP) is 4.94. The molecule has 0 unspecified atom stereocenters. The number of pyridine rings is 2. The van der Waals surface area contributed by atoms with E-state index in [2.05, 4.69) is 28.2 Å². The highest BCUT2D eigenvalue weighted by Gasteiger charge is 2.24. The first-order chi connectivity index (χ1) is 14.7. The largest absolute Gasteiger partial charge is 0.361 e. The molecule has 6 rings (SSSR count). The van der Waals surface area contributed by atoms with E-state index in [1.807, 2.05) is 42.2 Å². The van der Waals surface area contributed by atoms with Gasteiger partial charge in [-0.05, 0) is 37.1 Å². The molecule has 30 heavy (non-hydrogen) atoms. The molecule has 0 bridgehead atoms. The summed E-state index contributed by atoms with van der Waals surface area (Å²) in [4.78, 5) is 26.1. The molecule has 0 radical (unpaired) electrons. The number of aromatic amines is 1. The lowest BCUT2D eigenvalue weighted by atomic mass is 9.95. The SMILES string of the molecule is Cn1c(=O)n(C2CCCCC2)c2c3nc(-c4cccc5[nH]ccc45)ccc3ncc21. The van der Waals surface area contributed by atoms with Crippen molar-refractivity contribution in [3.05, 3.63) is 59.3 Å². The van der Waals surface area contributed by atoms with Crippen LogP contribution in [0.25, 0.3) is 44.2 Å². The summed E-state index contributed by atoms with van der Waals surface area (Å²) in [5.41, 5.74) is 6.49. The zero-order valence-electron chi connectivity index (χ0n) is 16.9. The van der Waals surface area contributed by atoms with Crippen LogP contribution in [0.15, 0.2) is 53.6 Å². The van der Waals surface area contributed by atoms with Gasteiger partial charge < -0.3 is 4.98 Å². The summed E-state index contributed by atoms with van der Waals surface area (Å²) in [6.07, 6.45) is 9.45. The minimum Gasteiger partial charge on any atom is -0.361 e. The third-order valence-electron chi connectivity index (χ3n) is 6.57. The van der Waals surface area contributed by atoms with Gasteiger partial charge in [-0.2, -0.15) is 0 Å².